The number of nitrogens with zero attached hydrogens (tertiary/aromatic N) is 2. The number of nitrogens with one attached hydrogen (secondary N) is 2. The summed E-state index contributed by atoms with van der Waals surface area (Å²) in [7, 11) is 0. The Balaban J connectivity index is 1.53. The van der Waals surface area contributed by atoms with Gasteiger partial charge in [0.25, 0.3) is 5.91 Å². The molecule has 0 aliphatic heterocycles. The summed E-state index contributed by atoms with van der Waals surface area (Å²) >= 11 is 12.0. The van der Waals surface area contributed by atoms with Crippen LogP contribution in [-0.2, 0) is 17.5 Å². The van der Waals surface area contributed by atoms with Gasteiger partial charge in [-0.1, -0.05) is 47.5 Å². The second-order valence-corrected chi connectivity index (χ2v) is 9.89. The number of nitriles is 1. The molecule has 4 rings (SSSR count). The SMILES string of the molecule is N#Cc1cc(NCc2ccc(Cl)cc2-c2ccc(C(=O)NCCC(=O)O)nc2)ccc1-c1ccc(Cl)c(C(F)(F)F)c1. The first-order valence-corrected chi connectivity index (χ1v) is 13.1. The molecule has 0 saturated carbocycles. The van der Waals surface area contributed by atoms with Crippen molar-refractivity contribution in [1.82, 2.24) is 10.3 Å². The quantitative estimate of drug-likeness (QED) is 0.181. The van der Waals surface area contributed by atoms with Crippen molar-refractivity contribution >= 4 is 40.8 Å². The summed E-state index contributed by atoms with van der Waals surface area (Å²) < 4.78 is 40.0. The lowest BCUT2D eigenvalue weighted by Gasteiger charge is -2.15. The first-order valence-electron chi connectivity index (χ1n) is 12.4. The normalized spacial score (nSPS) is 11.0. The first-order chi connectivity index (χ1) is 20.0. The Hall–Kier alpha value is -4.59. The van der Waals surface area contributed by atoms with E-state index in [0.717, 1.165) is 23.3 Å². The van der Waals surface area contributed by atoms with E-state index in [9.17, 15) is 28.0 Å². The van der Waals surface area contributed by atoms with Crippen LogP contribution in [0.25, 0.3) is 22.3 Å². The van der Waals surface area contributed by atoms with Gasteiger partial charge < -0.3 is 15.7 Å². The van der Waals surface area contributed by atoms with Crippen molar-refractivity contribution in [2.45, 2.75) is 19.1 Å². The van der Waals surface area contributed by atoms with Crippen LogP contribution in [0.15, 0.2) is 72.9 Å². The van der Waals surface area contributed by atoms with Crippen LogP contribution in [0.1, 0.15) is 33.6 Å². The number of hydrogen-bond acceptors (Lipinski definition) is 5. The van der Waals surface area contributed by atoms with Gasteiger partial charge in [-0.3, -0.25) is 14.6 Å². The summed E-state index contributed by atoms with van der Waals surface area (Å²) in [6.07, 6.45) is -3.34. The summed E-state index contributed by atoms with van der Waals surface area (Å²) in [4.78, 5) is 27.1. The Kier molecular flexibility index (Phi) is 9.35. The molecule has 4 aromatic rings. The lowest BCUT2D eigenvalue weighted by Crippen LogP contribution is -2.26. The van der Waals surface area contributed by atoms with Crippen LogP contribution in [0, 0.1) is 11.3 Å². The highest BCUT2D eigenvalue weighted by Crippen LogP contribution is 2.38. The number of carboxylic acids is 1. The molecule has 0 unspecified atom stereocenters. The highest BCUT2D eigenvalue weighted by atomic mass is 35.5. The van der Waals surface area contributed by atoms with Gasteiger partial charge in [-0.25, -0.2) is 0 Å². The lowest BCUT2D eigenvalue weighted by molar-refractivity contribution is -0.138. The standard InChI is InChI=1S/C30H21Cl2F3N4O3/c31-21-4-1-18(24(13-21)19-3-8-27(39-16-19)29(42)37-10-9-28(40)41)15-38-22-5-6-23(20(11-22)14-36)17-2-7-26(32)25(12-17)30(33,34)35/h1-8,11-13,16,38H,9-10,15H2,(H,37,42)(H,40,41). The van der Waals surface area contributed by atoms with Crippen molar-refractivity contribution in [3.63, 3.8) is 0 Å². The summed E-state index contributed by atoms with van der Waals surface area (Å²) in [5, 5.41) is 24.2. The fraction of sp³-hybridized carbons (Fsp3) is 0.133. The number of aromatic nitrogens is 1. The zero-order chi connectivity index (χ0) is 30.4. The number of aliphatic carboxylic acids is 1. The van der Waals surface area contributed by atoms with Crippen molar-refractivity contribution in [2.24, 2.45) is 0 Å². The third-order valence-electron chi connectivity index (χ3n) is 6.21. The van der Waals surface area contributed by atoms with Gasteiger partial charge in [-0.2, -0.15) is 18.4 Å². The van der Waals surface area contributed by atoms with E-state index in [1.165, 1.54) is 18.3 Å². The number of halogens is 5. The Morgan fingerprint density at radius 2 is 1.71 bits per heavy atom. The molecule has 0 radical (unpaired) electrons. The van der Waals surface area contributed by atoms with Gasteiger partial charge >= 0.3 is 12.1 Å². The maximum Gasteiger partial charge on any atom is 0.417 e. The Morgan fingerprint density at radius 3 is 2.38 bits per heavy atom. The molecule has 0 atom stereocenters. The lowest BCUT2D eigenvalue weighted by atomic mass is 9.97. The fourth-order valence-electron chi connectivity index (χ4n) is 4.14. The van der Waals surface area contributed by atoms with Crippen molar-refractivity contribution in [1.29, 1.82) is 5.26 Å². The zero-order valence-electron chi connectivity index (χ0n) is 21.6. The predicted octanol–water partition coefficient (Wildman–Crippen LogP) is 7.43. The van der Waals surface area contributed by atoms with Crippen LogP contribution < -0.4 is 10.6 Å². The molecular weight excluding hydrogens is 592 g/mol. The number of carboxylic acid groups (broad SMARTS) is 1. The summed E-state index contributed by atoms with van der Waals surface area (Å²) in [6.45, 7) is 0.276. The van der Waals surface area contributed by atoms with Gasteiger partial charge in [0.15, 0.2) is 0 Å². The van der Waals surface area contributed by atoms with Gasteiger partial charge in [-0.05, 0) is 64.7 Å². The molecule has 42 heavy (non-hydrogen) atoms. The van der Waals surface area contributed by atoms with E-state index in [0.29, 0.717) is 28.4 Å². The van der Waals surface area contributed by atoms with Gasteiger partial charge in [0.1, 0.15) is 5.69 Å². The largest absolute Gasteiger partial charge is 0.481 e. The van der Waals surface area contributed by atoms with E-state index >= 15 is 0 Å². The van der Waals surface area contributed by atoms with Crippen molar-refractivity contribution in [3.8, 4) is 28.3 Å². The number of amides is 1. The maximum atomic E-state index is 13.3. The molecule has 0 saturated heterocycles. The van der Waals surface area contributed by atoms with E-state index < -0.39 is 28.6 Å². The number of pyridine rings is 1. The number of rotatable bonds is 9. The maximum absolute atomic E-state index is 13.3. The van der Waals surface area contributed by atoms with Gasteiger partial charge in [0.05, 0.1) is 28.6 Å². The molecule has 0 spiro atoms. The number of alkyl halides is 3. The number of anilines is 1. The average molecular weight is 613 g/mol. The van der Waals surface area contributed by atoms with E-state index in [1.54, 1.807) is 36.4 Å². The van der Waals surface area contributed by atoms with E-state index in [4.69, 9.17) is 28.3 Å². The minimum atomic E-state index is -4.64. The van der Waals surface area contributed by atoms with Crippen LogP contribution in [-0.4, -0.2) is 28.5 Å². The second kappa shape index (κ2) is 12.9. The topological polar surface area (TPSA) is 115 Å². The Bertz CT molecular complexity index is 1690. The smallest absolute Gasteiger partial charge is 0.417 e. The van der Waals surface area contributed by atoms with Crippen LogP contribution in [0.5, 0.6) is 0 Å². The molecular formula is C30H21Cl2F3N4O3. The van der Waals surface area contributed by atoms with Crippen LogP contribution >= 0.6 is 23.2 Å². The molecule has 0 fully saturated rings. The minimum Gasteiger partial charge on any atom is -0.481 e. The molecule has 1 amide bonds. The minimum absolute atomic E-state index is 0.0233. The Morgan fingerprint density at radius 1 is 0.952 bits per heavy atom. The molecule has 1 aromatic heterocycles. The number of hydrogen-bond donors (Lipinski definition) is 3. The Labute approximate surface area is 248 Å². The molecule has 0 bridgehead atoms. The summed E-state index contributed by atoms with van der Waals surface area (Å²) in [5.41, 5.74) is 2.64. The van der Waals surface area contributed by atoms with E-state index in [-0.39, 0.29) is 29.8 Å². The molecule has 0 aliphatic rings. The average Bonchev–Trinajstić information content (AvgIpc) is 2.96. The van der Waals surface area contributed by atoms with Gasteiger partial charge in [0, 0.05) is 35.6 Å². The molecule has 0 aliphatic carbocycles. The number of carbonyl (C=O) groups is 2. The number of benzene rings is 3. The van der Waals surface area contributed by atoms with Crippen LogP contribution in [0.2, 0.25) is 10.0 Å². The van der Waals surface area contributed by atoms with E-state index in [1.807, 2.05) is 12.1 Å². The zero-order valence-corrected chi connectivity index (χ0v) is 23.1. The van der Waals surface area contributed by atoms with E-state index in [2.05, 4.69) is 15.6 Å². The van der Waals surface area contributed by atoms with Crippen molar-refractivity contribution in [3.05, 3.63) is 105 Å². The molecule has 1 heterocycles. The number of carbonyl (C=O) groups excluding carboxylic acids is 1. The third-order valence-corrected chi connectivity index (χ3v) is 6.77. The fourth-order valence-corrected chi connectivity index (χ4v) is 4.54. The highest BCUT2D eigenvalue weighted by molar-refractivity contribution is 6.31. The summed E-state index contributed by atoms with van der Waals surface area (Å²) in [6, 6.07) is 18.8. The monoisotopic (exact) mass is 612 g/mol. The molecule has 3 N–H and O–H groups in total. The molecule has 7 nitrogen and oxygen atoms in total. The molecule has 3 aromatic carbocycles. The van der Waals surface area contributed by atoms with Crippen molar-refractivity contribution < 1.29 is 27.9 Å². The van der Waals surface area contributed by atoms with Gasteiger partial charge in [0.2, 0.25) is 0 Å². The van der Waals surface area contributed by atoms with Crippen LogP contribution in [0.4, 0.5) is 18.9 Å². The first kappa shape index (κ1) is 30.4. The van der Waals surface area contributed by atoms with Crippen LogP contribution in [0.3, 0.4) is 0 Å². The molecule has 12 heteroatoms. The predicted molar refractivity (Wildman–Crippen MR) is 153 cm³/mol. The van der Waals surface area contributed by atoms with Crippen molar-refractivity contribution in [2.75, 3.05) is 11.9 Å². The van der Waals surface area contributed by atoms with Gasteiger partial charge in [-0.15, -0.1) is 0 Å². The molecule has 214 valence electrons. The summed E-state index contributed by atoms with van der Waals surface area (Å²) in [5.74, 6) is -1.53. The second-order valence-electron chi connectivity index (χ2n) is 9.05. The third kappa shape index (κ3) is 7.37. The highest BCUT2D eigenvalue weighted by Gasteiger charge is 2.33.